The van der Waals surface area contributed by atoms with Crippen molar-refractivity contribution in [1.82, 2.24) is 4.98 Å². The summed E-state index contributed by atoms with van der Waals surface area (Å²) in [5.74, 6) is -0.0427. The zero-order valence-electron chi connectivity index (χ0n) is 9.73. The Morgan fingerprint density at radius 2 is 1.83 bits per heavy atom. The molecule has 0 unspecified atom stereocenters. The Kier molecular flexibility index (Phi) is 3.38. The number of methoxy groups -OCH3 is 2. The molecule has 94 valence electrons. The zero-order valence-corrected chi connectivity index (χ0v) is 11.3. The van der Waals surface area contributed by atoms with Crippen LogP contribution in [0.5, 0.6) is 11.5 Å². The van der Waals surface area contributed by atoms with Crippen LogP contribution >= 0.6 is 15.9 Å². The molecule has 1 N–H and O–H groups in total. The van der Waals surface area contributed by atoms with E-state index in [1.54, 1.807) is 12.1 Å². The molecule has 0 aliphatic carbocycles. The van der Waals surface area contributed by atoms with Gasteiger partial charge in [-0.1, -0.05) is 0 Å². The second-order valence-corrected chi connectivity index (χ2v) is 4.33. The highest BCUT2D eigenvalue weighted by Crippen LogP contribution is 2.33. The number of carboxylic acid groups (broad SMARTS) is 1. The Balaban J connectivity index is 2.83. The first kappa shape index (κ1) is 12.6. The van der Waals surface area contributed by atoms with Crippen molar-refractivity contribution in [1.29, 1.82) is 0 Å². The summed E-state index contributed by atoms with van der Waals surface area (Å²) >= 11 is 3.19. The van der Waals surface area contributed by atoms with E-state index in [-0.39, 0.29) is 5.56 Å². The van der Waals surface area contributed by atoms with Crippen molar-refractivity contribution in [2.24, 2.45) is 0 Å². The van der Waals surface area contributed by atoms with Gasteiger partial charge in [0.25, 0.3) is 0 Å². The fourth-order valence-corrected chi connectivity index (χ4v) is 2.12. The lowest BCUT2D eigenvalue weighted by Gasteiger charge is -2.10. The fraction of sp³-hybridized carbons (Fsp3) is 0.167. The summed E-state index contributed by atoms with van der Waals surface area (Å²) in [4.78, 5) is 15.4. The number of pyridine rings is 1. The summed E-state index contributed by atoms with van der Waals surface area (Å²) in [5.41, 5.74) is 0.687. The number of aromatic carboxylic acids is 1. The van der Waals surface area contributed by atoms with Crippen LogP contribution < -0.4 is 9.47 Å². The van der Waals surface area contributed by atoms with E-state index in [0.29, 0.717) is 27.0 Å². The highest BCUT2D eigenvalue weighted by atomic mass is 79.9. The lowest BCUT2D eigenvalue weighted by atomic mass is 10.1. The van der Waals surface area contributed by atoms with Gasteiger partial charge in [-0.3, -0.25) is 0 Å². The van der Waals surface area contributed by atoms with Crippen LogP contribution in [0.3, 0.4) is 0 Å². The van der Waals surface area contributed by atoms with Crippen molar-refractivity contribution >= 4 is 32.8 Å². The highest BCUT2D eigenvalue weighted by molar-refractivity contribution is 9.10. The minimum atomic E-state index is -1.02. The number of carbonyl (C=O) groups is 1. The Hall–Kier alpha value is -1.82. The van der Waals surface area contributed by atoms with E-state index in [9.17, 15) is 9.90 Å². The van der Waals surface area contributed by atoms with Gasteiger partial charge in [0.1, 0.15) is 4.60 Å². The number of ether oxygens (including phenoxy) is 2. The third kappa shape index (κ3) is 2.11. The van der Waals surface area contributed by atoms with Gasteiger partial charge in [-0.15, -0.1) is 0 Å². The van der Waals surface area contributed by atoms with Gasteiger partial charge in [-0.25, -0.2) is 9.78 Å². The van der Waals surface area contributed by atoms with Crippen molar-refractivity contribution < 1.29 is 19.4 Å². The second-order valence-electron chi connectivity index (χ2n) is 3.52. The predicted molar refractivity (Wildman–Crippen MR) is 69.5 cm³/mol. The van der Waals surface area contributed by atoms with Gasteiger partial charge in [-0.2, -0.15) is 0 Å². The van der Waals surface area contributed by atoms with E-state index in [2.05, 4.69) is 20.9 Å². The smallest absolute Gasteiger partial charge is 0.336 e. The maximum atomic E-state index is 11.2. The first-order valence-electron chi connectivity index (χ1n) is 5.02. The Morgan fingerprint density at radius 1 is 1.22 bits per heavy atom. The average Bonchev–Trinajstić information content (AvgIpc) is 2.35. The van der Waals surface area contributed by atoms with Gasteiger partial charge in [0.2, 0.25) is 0 Å². The predicted octanol–water partition coefficient (Wildman–Crippen LogP) is 2.71. The number of hydrogen-bond acceptors (Lipinski definition) is 4. The zero-order chi connectivity index (χ0) is 13.3. The van der Waals surface area contributed by atoms with Gasteiger partial charge in [0, 0.05) is 11.5 Å². The molecule has 0 aliphatic heterocycles. The van der Waals surface area contributed by atoms with E-state index in [0.717, 1.165) is 0 Å². The largest absolute Gasteiger partial charge is 0.493 e. The van der Waals surface area contributed by atoms with Gasteiger partial charge < -0.3 is 14.6 Å². The van der Waals surface area contributed by atoms with Crippen molar-refractivity contribution in [2.45, 2.75) is 0 Å². The van der Waals surface area contributed by atoms with Crippen LogP contribution in [0.2, 0.25) is 0 Å². The quantitative estimate of drug-likeness (QED) is 0.883. The molecule has 0 bridgehead atoms. The molecule has 0 aliphatic rings. The summed E-state index contributed by atoms with van der Waals surface area (Å²) in [6, 6.07) is 4.71. The minimum Gasteiger partial charge on any atom is -0.493 e. The van der Waals surface area contributed by atoms with Crippen LogP contribution in [0.15, 0.2) is 22.8 Å². The average molecular weight is 312 g/mol. The third-order valence-corrected chi connectivity index (χ3v) is 2.92. The molecule has 18 heavy (non-hydrogen) atoms. The number of rotatable bonds is 3. The Labute approximate surface area is 111 Å². The minimum absolute atomic E-state index is 0.160. The second kappa shape index (κ2) is 4.81. The molecule has 0 spiro atoms. The lowest BCUT2D eigenvalue weighted by Crippen LogP contribution is -2.00. The summed E-state index contributed by atoms with van der Waals surface area (Å²) < 4.78 is 10.8. The van der Waals surface area contributed by atoms with Crippen LogP contribution in [0.25, 0.3) is 10.9 Å². The molecule has 1 heterocycles. The number of hydrogen-bond donors (Lipinski definition) is 1. The fourth-order valence-electron chi connectivity index (χ4n) is 1.70. The summed E-state index contributed by atoms with van der Waals surface area (Å²) in [6.07, 6.45) is 0. The normalized spacial score (nSPS) is 10.4. The summed E-state index contributed by atoms with van der Waals surface area (Å²) in [5, 5.41) is 9.68. The van der Waals surface area contributed by atoms with Crippen LogP contribution in [0.4, 0.5) is 0 Å². The number of nitrogens with zero attached hydrogens (tertiary/aromatic N) is 1. The molecular weight excluding hydrogens is 302 g/mol. The van der Waals surface area contributed by atoms with E-state index in [1.165, 1.54) is 20.3 Å². The number of halogens is 1. The van der Waals surface area contributed by atoms with Crippen LogP contribution in [0.1, 0.15) is 10.4 Å². The van der Waals surface area contributed by atoms with Gasteiger partial charge >= 0.3 is 5.97 Å². The topological polar surface area (TPSA) is 68.7 Å². The Morgan fingerprint density at radius 3 is 2.39 bits per heavy atom. The van der Waals surface area contributed by atoms with Gasteiger partial charge in [0.05, 0.1) is 25.3 Å². The van der Waals surface area contributed by atoms with E-state index < -0.39 is 5.97 Å². The standard InChI is InChI=1S/C12H10BrNO4/c1-17-9-3-6-7(12(15)16)4-11(13)14-8(6)5-10(9)18-2/h3-5H,1-2H3,(H,15,16). The number of carboxylic acids is 1. The van der Waals surface area contributed by atoms with Crippen LogP contribution in [0, 0.1) is 0 Å². The third-order valence-electron chi connectivity index (χ3n) is 2.51. The molecule has 2 aromatic rings. The highest BCUT2D eigenvalue weighted by Gasteiger charge is 2.15. The van der Waals surface area contributed by atoms with E-state index in [4.69, 9.17) is 9.47 Å². The summed E-state index contributed by atoms with van der Waals surface area (Å²) in [6.45, 7) is 0. The Bertz CT molecular complexity index is 627. The first-order valence-corrected chi connectivity index (χ1v) is 5.81. The van der Waals surface area contributed by atoms with Crippen molar-refractivity contribution in [3.63, 3.8) is 0 Å². The van der Waals surface area contributed by atoms with Crippen molar-refractivity contribution in [3.05, 3.63) is 28.4 Å². The van der Waals surface area contributed by atoms with E-state index >= 15 is 0 Å². The molecule has 1 aromatic carbocycles. The lowest BCUT2D eigenvalue weighted by molar-refractivity contribution is 0.0699. The SMILES string of the molecule is COc1cc2nc(Br)cc(C(=O)O)c2cc1OC. The van der Waals surface area contributed by atoms with Gasteiger partial charge in [-0.05, 0) is 28.1 Å². The number of fused-ring (bicyclic) bond motifs is 1. The molecule has 0 atom stereocenters. The molecule has 0 radical (unpaired) electrons. The van der Waals surface area contributed by atoms with E-state index in [1.807, 2.05) is 0 Å². The molecule has 6 heteroatoms. The molecule has 0 amide bonds. The molecule has 0 fully saturated rings. The maximum absolute atomic E-state index is 11.2. The maximum Gasteiger partial charge on any atom is 0.336 e. The first-order chi connectivity index (χ1) is 8.56. The molecule has 5 nitrogen and oxygen atoms in total. The number of aromatic nitrogens is 1. The van der Waals surface area contributed by atoms with Crippen molar-refractivity contribution in [2.75, 3.05) is 14.2 Å². The van der Waals surface area contributed by atoms with Gasteiger partial charge in [0.15, 0.2) is 11.5 Å². The summed E-state index contributed by atoms with van der Waals surface area (Å²) in [7, 11) is 3.01. The monoisotopic (exact) mass is 311 g/mol. The molecular formula is C12H10BrNO4. The van der Waals surface area contributed by atoms with Crippen molar-refractivity contribution in [3.8, 4) is 11.5 Å². The molecule has 0 saturated carbocycles. The number of benzene rings is 1. The molecule has 1 aromatic heterocycles. The van der Waals surface area contributed by atoms with Crippen LogP contribution in [-0.2, 0) is 0 Å². The molecule has 0 saturated heterocycles. The van der Waals surface area contributed by atoms with Crippen LogP contribution in [-0.4, -0.2) is 30.3 Å². The molecule has 2 rings (SSSR count).